The molecule has 5 heteroatoms. The highest BCUT2D eigenvalue weighted by molar-refractivity contribution is 6.20. The van der Waals surface area contributed by atoms with Gasteiger partial charge in [-0.2, -0.15) is 0 Å². The van der Waals surface area contributed by atoms with Crippen molar-refractivity contribution in [3.8, 4) is 5.75 Å². The van der Waals surface area contributed by atoms with Gasteiger partial charge >= 0.3 is 11.9 Å². The lowest BCUT2D eigenvalue weighted by molar-refractivity contribution is -0.145. The van der Waals surface area contributed by atoms with Crippen LogP contribution in [0, 0.1) is 5.92 Å². The maximum absolute atomic E-state index is 12.4. The van der Waals surface area contributed by atoms with Crippen molar-refractivity contribution in [2.45, 2.75) is 44.1 Å². The van der Waals surface area contributed by atoms with Crippen LogP contribution in [0.4, 0.5) is 0 Å². The molecule has 0 aromatic heterocycles. The number of rotatable bonds is 6. The van der Waals surface area contributed by atoms with Crippen LogP contribution in [0.25, 0.3) is 0 Å². The van der Waals surface area contributed by atoms with Crippen molar-refractivity contribution in [3.05, 3.63) is 65.7 Å². The van der Waals surface area contributed by atoms with E-state index < -0.39 is 11.5 Å². The smallest absolute Gasteiger partial charge is 0.314 e. The highest BCUT2D eigenvalue weighted by Gasteiger charge is 2.24. The molecule has 0 heterocycles. The number of hydrogen-bond acceptors (Lipinski definition) is 4. The van der Waals surface area contributed by atoms with Crippen molar-refractivity contribution >= 4 is 23.5 Å². The van der Waals surface area contributed by atoms with Gasteiger partial charge in [-0.25, -0.2) is 0 Å². The van der Waals surface area contributed by atoms with Crippen molar-refractivity contribution in [3.63, 3.8) is 0 Å². The van der Waals surface area contributed by atoms with Gasteiger partial charge in [-0.3, -0.25) is 9.59 Å². The van der Waals surface area contributed by atoms with Crippen LogP contribution < -0.4 is 4.74 Å². The first-order valence-electron chi connectivity index (χ1n) is 9.31. The fraction of sp³-hybridized carbons (Fsp3) is 0.364. The van der Waals surface area contributed by atoms with Gasteiger partial charge in [0.15, 0.2) is 0 Å². The molecule has 3 rings (SSSR count). The monoisotopic (exact) mass is 386 g/mol. The summed E-state index contributed by atoms with van der Waals surface area (Å²) in [6.07, 6.45) is 5.02. The van der Waals surface area contributed by atoms with E-state index in [-0.39, 0.29) is 18.3 Å². The van der Waals surface area contributed by atoms with Gasteiger partial charge in [-0.1, -0.05) is 79.4 Å². The first-order chi connectivity index (χ1) is 13.1. The zero-order valence-corrected chi connectivity index (χ0v) is 15.9. The van der Waals surface area contributed by atoms with Crippen LogP contribution in [-0.2, 0) is 20.7 Å². The van der Waals surface area contributed by atoms with Gasteiger partial charge in [0, 0.05) is 11.1 Å². The molecule has 1 saturated carbocycles. The molecule has 2 aromatic carbocycles. The largest absolute Gasteiger partial charge is 0.441 e. The van der Waals surface area contributed by atoms with E-state index in [0.717, 1.165) is 25.7 Å². The third-order valence-electron chi connectivity index (χ3n) is 4.75. The number of hydrogen-bond donors (Lipinski definition) is 0. The van der Waals surface area contributed by atoms with Gasteiger partial charge in [-0.15, -0.1) is 0 Å². The quantitative estimate of drug-likeness (QED) is 0.389. The Bertz CT molecular complexity index is 769. The van der Waals surface area contributed by atoms with E-state index in [1.807, 2.05) is 18.2 Å². The molecule has 1 fully saturated rings. The van der Waals surface area contributed by atoms with Crippen LogP contribution in [0.1, 0.15) is 48.8 Å². The minimum atomic E-state index is -0.851. The number of esters is 2. The van der Waals surface area contributed by atoms with Crippen molar-refractivity contribution in [2.24, 2.45) is 5.92 Å². The number of carbonyl (C=O) groups excluding carboxylic acids is 2. The highest BCUT2D eigenvalue weighted by atomic mass is 35.5. The molecule has 4 nitrogen and oxygen atoms in total. The molecule has 0 radical (unpaired) electrons. The molecule has 1 unspecified atom stereocenters. The summed E-state index contributed by atoms with van der Waals surface area (Å²) in [6.45, 7) is 0. The Morgan fingerprint density at radius 3 is 2.37 bits per heavy atom. The third kappa shape index (κ3) is 5.57. The van der Waals surface area contributed by atoms with E-state index in [0.29, 0.717) is 16.9 Å². The Morgan fingerprint density at radius 1 is 0.963 bits per heavy atom. The Hall–Kier alpha value is -2.33. The van der Waals surface area contributed by atoms with Crippen molar-refractivity contribution in [2.75, 3.05) is 0 Å². The zero-order chi connectivity index (χ0) is 19.1. The summed E-state index contributed by atoms with van der Waals surface area (Å²) in [5, 5.41) is 0. The molecule has 1 aliphatic rings. The lowest BCUT2D eigenvalue weighted by Gasteiger charge is -2.20. The van der Waals surface area contributed by atoms with E-state index >= 15 is 0 Å². The standard InChI is InChI=1S/C22H23ClO4/c23-21(16-9-3-1-4-10-16)27-20(24)15-18-13-7-8-14-19(18)26-22(25)17-11-5-2-6-12-17/h1,3-4,7-10,13-14,17,21H,2,5-6,11-12,15H2. The first kappa shape index (κ1) is 19.4. The van der Waals surface area contributed by atoms with Gasteiger partial charge in [0.25, 0.3) is 0 Å². The molecule has 0 bridgehead atoms. The van der Waals surface area contributed by atoms with Crippen LogP contribution in [0.5, 0.6) is 5.75 Å². The topological polar surface area (TPSA) is 52.6 Å². The number of halogens is 1. The predicted molar refractivity (Wildman–Crippen MR) is 103 cm³/mol. The van der Waals surface area contributed by atoms with Crippen molar-refractivity contribution in [1.29, 1.82) is 0 Å². The lowest BCUT2D eigenvalue weighted by atomic mass is 9.89. The van der Waals surface area contributed by atoms with Crippen LogP contribution >= 0.6 is 11.6 Å². The molecule has 1 atom stereocenters. The fourth-order valence-corrected chi connectivity index (χ4v) is 3.51. The number of ether oxygens (including phenoxy) is 2. The summed E-state index contributed by atoms with van der Waals surface area (Å²) < 4.78 is 10.9. The van der Waals surface area contributed by atoms with Gasteiger partial charge < -0.3 is 9.47 Å². The second-order valence-electron chi connectivity index (χ2n) is 6.76. The molecule has 1 aliphatic carbocycles. The molecular formula is C22H23ClO4. The van der Waals surface area contributed by atoms with E-state index in [1.54, 1.807) is 36.4 Å². The molecule has 142 valence electrons. The van der Waals surface area contributed by atoms with Gasteiger partial charge in [-0.05, 0) is 18.9 Å². The van der Waals surface area contributed by atoms with Crippen LogP contribution in [0.3, 0.4) is 0 Å². The Labute approximate surface area is 164 Å². The SMILES string of the molecule is O=C(Cc1ccccc1OC(=O)C1CCCCC1)OC(Cl)c1ccccc1. The molecule has 0 amide bonds. The normalized spacial score (nSPS) is 15.7. The Morgan fingerprint density at radius 2 is 1.63 bits per heavy atom. The number of alkyl halides is 1. The summed E-state index contributed by atoms with van der Waals surface area (Å²) in [5.74, 6) is -0.324. The summed E-state index contributed by atoms with van der Waals surface area (Å²) in [6, 6.07) is 16.2. The second-order valence-corrected chi connectivity index (χ2v) is 7.15. The average molecular weight is 387 g/mol. The maximum atomic E-state index is 12.4. The third-order valence-corrected chi connectivity index (χ3v) is 5.09. The molecular weight excluding hydrogens is 364 g/mol. The first-order valence-corrected chi connectivity index (χ1v) is 9.75. The lowest BCUT2D eigenvalue weighted by Crippen LogP contribution is -2.23. The zero-order valence-electron chi connectivity index (χ0n) is 15.1. The summed E-state index contributed by atoms with van der Waals surface area (Å²) in [4.78, 5) is 24.7. The fourth-order valence-electron chi connectivity index (χ4n) is 3.26. The minimum Gasteiger partial charge on any atom is -0.441 e. The number of para-hydroxylation sites is 1. The van der Waals surface area contributed by atoms with Crippen molar-refractivity contribution < 1.29 is 19.1 Å². The van der Waals surface area contributed by atoms with Gasteiger partial charge in [0.1, 0.15) is 5.75 Å². The second kappa shape index (κ2) is 9.56. The van der Waals surface area contributed by atoms with Gasteiger partial charge in [0.05, 0.1) is 12.3 Å². The molecule has 2 aromatic rings. The van der Waals surface area contributed by atoms with E-state index in [9.17, 15) is 9.59 Å². The van der Waals surface area contributed by atoms with E-state index in [2.05, 4.69) is 0 Å². The summed E-state index contributed by atoms with van der Waals surface area (Å²) in [5.41, 5.74) is 0.476. The van der Waals surface area contributed by atoms with E-state index in [1.165, 1.54) is 6.42 Å². The van der Waals surface area contributed by atoms with Crippen molar-refractivity contribution in [1.82, 2.24) is 0 Å². The number of benzene rings is 2. The molecule has 0 saturated heterocycles. The highest BCUT2D eigenvalue weighted by Crippen LogP contribution is 2.28. The maximum Gasteiger partial charge on any atom is 0.314 e. The molecule has 0 spiro atoms. The minimum absolute atomic E-state index is 0.00975. The predicted octanol–water partition coefficient (Wildman–Crippen LogP) is 5.20. The summed E-state index contributed by atoms with van der Waals surface area (Å²) in [7, 11) is 0. The van der Waals surface area contributed by atoms with Crippen LogP contribution in [0.2, 0.25) is 0 Å². The Balaban J connectivity index is 1.61. The van der Waals surface area contributed by atoms with Crippen LogP contribution in [0.15, 0.2) is 54.6 Å². The van der Waals surface area contributed by atoms with Gasteiger partial charge in [0.2, 0.25) is 5.56 Å². The molecule has 27 heavy (non-hydrogen) atoms. The average Bonchev–Trinajstić information content (AvgIpc) is 2.70. The summed E-state index contributed by atoms with van der Waals surface area (Å²) >= 11 is 6.16. The van der Waals surface area contributed by atoms with Crippen LogP contribution in [-0.4, -0.2) is 11.9 Å². The molecule has 0 N–H and O–H groups in total. The number of carbonyl (C=O) groups is 2. The Kier molecular flexibility index (Phi) is 6.88. The van der Waals surface area contributed by atoms with E-state index in [4.69, 9.17) is 21.1 Å². The molecule has 0 aliphatic heterocycles.